The number of hydrogen-bond donors (Lipinski definition) is 3. The van der Waals surface area contributed by atoms with E-state index in [1.807, 2.05) is 0 Å². The smallest absolute Gasteiger partial charge is 0.408 e. The standard InChI is InChI=1S/C20H30N2O8/c1-7-28-16(25)13-12-11(23)9-20(14(12)13,17(26)29-8-2)22-15(24)10(3)21-18(27)30-19(4,5)6/h7,10-14,23H,1,8-9H2,2-6H3,(H,21,27)(H,22,24)/t10-,11-,12-,13-,14-,20-/m0/s1. The molecule has 0 spiro atoms. The Bertz CT molecular complexity index is 731. The number of nitrogens with one attached hydrogen (secondary N) is 2. The van der Waals surface area contributed by atoms with Crippen molar-refractivity contribution in [3.63, 3.8) is 0 Å². The van der Waals surface area contributed by atoms with Gasteiger partial charge < -0.3 is 30.0 Å². The molecule has 0 aromatic heterocycles. The molecule has 2 aliphatic carbocycles. The van der Waals surface area contributed by atoms with Crippen molar-refractivity contribution < 1.29 is 38.5 Å². The lowest BCUT2D eigenvalue weighted by Crippen LogP contribution is -2.61. The number of rotatable bonds is 7. The predicted molar refractivity (Wildman–Crippen MR) is 104 cm³/mol. The second-order valence-electron chi connectivity index (χ2n) is 8.55. The number of hydrogen-bond acceptors (Lipinski definition) is 8. The van der Waals surface area contributed by atoms with Crippen LogP contribution >= 0.6 is 0 Å². The fourth-order valence-corrected chi connectivity index (χ4v) is 4.06. The van der Waals surface area contributed by atoms with Gasteiger partial charge in [0.1, 0.15) is 17.2 Å². The van der Waals surface area contributed by atoms with Crippen LogP contribution in [0.4, 0.5) is 4.79 Å². The van der Waals surface area contributed by atoms with Gasteiger partial charge in [0.2, 0.25) is 5.91 Å². The average molecular weight is 426 g/mol. The van der Waals surface area contributed by atoms with Gasteiger partial charge in [0, 0.05) is 18.3 Å². The Morgan fingerprint density at radius 1 is 1.30 bits per heavy atom. The van der Waals surface area contributed by atoms with Crippen LogP contribution in [0.1, 0.15) is 41.0 Å². The summed E-state index contributed by atoms with van der Waals surface area (Å²) in [6.07, 6.45) is -0.931. The van der Waals surface area contributed by atoms with Crippen LogP contribution in [-0.4, -0.2) is 58.9 Å². The highest BCUT2D eigenvalue weighted by atomic mass is 16.6. The fraction of sp³-hybridized carbons (Fsp3) is 0.700. The number of esters is 2. The number of fused-ring (bicyclic) bond motifs is 1. The van der Waals surface area contributed by atoms with E-state index in [0.717, 1.165) is 6.26 Å². The normalized spacial score (nSPS) is 30.3. The highest BCUT2D eigenvalue weighted by Crippen LogP contribution is 2.63. The maximum absolute atomic E-state index is 12.8. The first kappa shape index (κ1) is 23.7. The van der Waals surface area contributed by atoms with Crippen molar-refractivity contribution in [2.45, 2.75) is 64.3 Å². The number of alkyl carbamates (subject to hydrolysis) is 1. The van der Waals surface area contributed by atoms with E-state index in [9.17, 15) is 24.3 Å². The van der Waals surface area contributed by atoms with Crippen LogP contribution < -0.4 is 10.6 Å². The molecule has 0 radical (unpaired) electrons. The fourth-order valence-electron chi connectivity index (χ4n) is 4.06. The number of carbonyl (C=O) groups is 4. The van der Waals surface area contributed by atoms with Crippen LogP contribution in [0.25, 0.3) is 0 Å². The van der Waals surface area contributed by atoms with Gasteiger partial charge in [0.05, 0.1) is 24.9 Å². The van der Waals surface area contributed by atoms with Crippen LogP contribution in [0.2, 0.25) is 0 Å². The molecule has 2 rings (SSSR count). The third kappa shape index (κ3) is 4.75. The minimum Gasteiger partial charge on any atom is -0.464 e. The lowest BCUT2D eigenvalue weighted by molar-refractivity contribution is -0.156. The molecule has 168 valence electrons. The molecule has 10 nitrogen and oxygen atoms in total. The highest BCUT2D eigenvalue weighted by molar-refractivity contribution is 5.94. The van der Waals surface area contributed by atoms with Crippen LogP contribution in [-0.2, 0) is 28.6 Å². The zero-order valence-electron chi connectivity index (χ0n) is 17.9. The predicted octanol–water partition coefficient (Wildman–Crippen LogP) is 0.631. The maximum Gasteiger partial charge on any atom is 0.408 e. The summed E-state index contributed by atoms with van der Waals surface area (Å²) < 4.78 is 15.1. The first-order chi connectivity index (χ1) is 13.9. The number of ether oxygens (including phenoxy) is 3. The van der Waals surface area contributed by atoms with Crippen molar-refractivity contribution in [1.29, 1.82) is 0 Å². The Hall–Kier alpha value is -2.62. The Balaban J connectivity index is 2.19. The van der Waals surface area contributed by atoms with E-state index in [1.165, 1.54) is 6.92 Å². The molecule has 2 amide bonds. The van der Waals surface area contributed by atoms with Crippen molar-refractivity contribution in [1.82, 2.24) is 10.6 Å². The Morgan fingerprint density at radius 3 is 2.47 bits per heavy atom. The molecule has 0 heterocycles. The molecular weight excluding hydrogens is 396 g/mol. The van der Waals surface area contributed by atoms with Gasteiger partial charge in [0.15, 0.2) is 0 Å². The third-order valence-electron chi connectivity index (χ3n) is 5.20. The van der Waals surface area contributed by atoms with Crippen molar-refractivity contribution in [2.75, 3.05) is 6.61 Å². The zero-order valence-corrected chi connectivity index (χ0v) is 17.9. The van der Waals surface area contributed by atoms with Crippen LogP contribution in [0.3, 0.4) is 0 Å². The third-order valence-corrected chi connectivity index (χ3v) is 5.20. The van der Waals surface area contributed by atoms with Crippen molar-refractivity contribution in [3.8, 4) is 0 Å². The Morgan fingerprint density at radius 2 is 1.93 bits per heavy atom. The summed E-state index contributed by atoms with van der Waals surface area (Å²) in [7, 11) is 0. The largest absolute Gasteiger partial charge is 0.464 e. The van der Waals surface area contributed by atoms with E-state index in [-0.39, 0.29) is 13.0 Å². The van der Waals surface area contributed by atoms with E-state index in [4.69, 9.17) is 14.2 Å². The Labute approximate surface area is 175 Å². The zero-order chi connectivity index (χ0) is 22.9. The molecular formula is C20H30N2O8. The van der Waals surface area contributed by atoms with Gasteiger partial charge in [0.25, 0.3) is 0 Å². The summed E-state index contributed by atoms with van der Waals surface area (Å²) in [5, 5.41) is 15.4. The van der Waals surface area contributed by atoms with Crippen LogP contribution in [0.15, 0.2) is 12.8 Å². The van der Waals surface area contributed by atoms with Gasteiger partial charge in [-0.15, -0.1) is 0 Å². The molecule has 6 atom stereocenters. The molecule has 0 unspecified atom stereocenters. The molecule has 10 heteroatoms. The molecule has 2 fully saturated rings. The second-order valence-corrected chi connectivity index (χ2v) is 8.55. The van der Waals surface area contributed by atoms with Gasteiger partial charge in [-0.25, -0.2) is 9.59 Å². The summed E-state index contributed by atoms with van der Waals surface area (Å²) in [5.74, 6) is -4.06. The summed E-state index contributed by atoms with van der Waals surface area (Å²) in [5.41, 5.74) is -2.35. The SMILES string of the molecule is C=COC(=O)[C@H]1[C@H]2[C@@H]1[C@](NC(=O)[C@H](C)NC(=O)OC(C)(C)C)(C(=O)OCC)C[C@@H]2O. The summed E-state index contributed by atoms with van der Waals surface area (Å²) in [6.45, 7) is 11.5. The maximum atomic E-state index is 12.8. The number of amides is 2. The monoisotopic (exact) mass is 426 g/mol. The van der Waals surface area contributed by atoms with Crippen LogP contribution in [0.5, 0.6) is 0 Å². The molecule has 30 heavy (non-hydrogen) atoms. The van der Waals surface area contributed by atoms with Gasteiger partial charge in [-0.2, -0.15) is 0 Å². The molecule has 3 N–H and O–H groups in total. The lowest BCUT2D eigenvalue weighted by atomic mass is 9.89. The molecule has 2 saturated carbocycles. The first-order valence-corrected chi connectivity index (χ1v) is 9.86. The molecule has 0 aliphatic heterocycles. The summed E-state index contributed by atoms with van der Waals surface area (Å²) in [4.78, 5) is 49.7. The Kier molecular flexibility index (Phi) is 6.80. The summed E-state index contributed by atoms with van der Waals surface area (Å²) >= 11 is 0. The quantitative estimate of drug-likeness (QED) is 0.306. The van der Waals surface area contributed by atoms with E-state index in [0.29, 0.717) is 0 Å². The van der Waals surface area contributed by atoms with Gasteiger partial charge in [-0.1, -0.05) is 6.58 Å². The van der Waals surface area contributed by atoms with Gasteiger partial charge in [-0.05, 0) is 34.6 Å². The van der Waals surface area contributed by atoms with E-state index in [2.05, 4.69) is 17.2 Å². The summed E-state index contributed by atoms with van der Waals surface area (Å²) in [6, 6.07) is -1.04. The highest BCUT2D eigenvalue weighted by Gasteiger charge is 2.76. The minimum absolute atomic E-state index is 0.0530. The van der Waals surface area contributed by atoms with Gasteiger partial charge >= 0.3 is 18.0 Å². The number of aliphatic hydroxyl groups is 1. The van der Waals surface area contributed by atoms with Crippen LogP contribution in [0, 0.1) is 17.8 Å². The minimum atomic E-state index is -1.61. The van der Waals surface area contributed by atoms with E-state index in [1.54, 1.807) is 27.7 Å². The molecule has 0 aromatic rings. The van der Waals surface area contributed by atoms with Gasteiger partial charge in [-0.3, -0.25) is 9.59 Å². The number of carbonyl (C=O) groups excluding carboxylic acids is 4. The molecule has 0 aromatic carbocycles. The molecule has 0 bridgehead atoms. The van der Waals surface area contributed by atoms with E-state index < -0.39 is 65.0 Å². The number of aliphatic hydroxyl groups excluding tert-OH is 1. The van der Waals surface area contributed by atoms with Crippen molar-refractivity contribution in [3.05, 3.63) is 12.8 Å². The lowest BCUT2D eigenvalue weighted by Gasteiger charge is -2.32. The van der Waals surface area contributed by atoms with E-state index >= 15 is 0 Å². The molecule has 0 saturated heterocycles. The first-order valence-electron chi connectivity index (χ1n) is 9.86. The molecule has 2 aliphatic rings. The topological polar surface area (TPSA) is 140 Å². The average Bonchev–Trinajstić information content (AvgIpc) is 3.29. The van der Waals surface area contributed by atoms with Crippen molar-refractivity contribution in [2.24, 2.45) is 17.8 Å². The second kappa shape index (κ2) is 8.63. The van der Waals surface area contributed by atoms with Crippen molar-refractivity contribution >= 4 is 23.9 Å².